The van der Waals surface area contributed by atoms with Gasteiger partial charge < -0.3 is 4.98 Å². The third-order valence-corrected chi connectivity index (χ3v) is 2.57. The largest absolute Gasteiger partial charge is 0.321 e. The maximum absolute atomic E-state index is 11.2. The lowest BCUT2D eigenvalue weighted by Gasteiger charge is -1.98. The van der Waals surface area contributed by atoms with Gasteiger partial charge in [-0.05, 0) is 28.1 Å². The second-order valence-corrected chi connectivity index (χ2v) is 3.72. The zero-order valence-electron chi connectivity index (χ0n) is 6.34. The van der Waals surface area contributed by atoms with Gasteiger partial charge in [-0.1, -0.05) is 11.6 Å². The molecule has 0 aliphatic carbocycles. The number of hydrogen-bond donors (Lipinski definition) is 1. The third-order valence-electron chi connectivity index (χ3n) is 1.68. The van der Waals surface area contributed by atoms with Crippen molar-refractivity contribution in [3.05, 3.63) is 38.3 Å². The first-order valence-corrected chi connectivity index (χ1v) is 4.68. The number of nitrogens with zero attached hydrogens (tertiary/aromatic N) is 1. The normalized spacial score (nSPS) is 10.6. The Labute approximate surface area is 86.9 Å². The molecule has 0 saturated carbocycles. The first-order valence-electron chi connectivity index (χ1n) is 3.51. The summed E-state index contributed by atoms with van der Waals surface area (Å²) in [5, 5.41) is 1.12. The second-order valence-electron chi connectivity index (χ2n) is 2.51. The zero-order chi connectivity index (χ0) is 9.42. The van der Waals surface area contributed by atoms with Crippen LogP contribution in [0.3, 0.4) is 0 Å². The fraction of sp³-hybridized carbons (Fsp3) is 0. The van der Waals surface area contributed by atoms with Crippen LogP contribution in [0.4, 0.5) is 0 Å². The quantitative estimate of drug-likeness (QED) is 0.738. The summed E-state index contributed by atoms with van der Waals surface area (Å²) in [6.45, 7) is 0. The molecule has 66 valence electrons. The van der Waals surface area contributed by atoms with E-state index in [0.717, 1.165) is 5.39 Å². The SMILES string of the molecule is O=c1[nH]c2ccnc(Cl)c2cc1Br. The average molecular weight is 259 g/mol. The minimum absolute atomic E-state index is 0.172. The summed E-state index contributed by atoms with van der Waals surface area (Å²) in [5.41, 5.74) is 0.517. The van der Waals surface area contributed by atoms with Crippen molar-refractivity contribution in [2.24, 2.45) is 0 Å². The molecular formula is C8H4BrClN2O. The minimum atomic E-state index is -0.172. The van der Waals surface area contributed by atoms with Crippen LogP contribution in [0, 0.1) is 0 Å². The van der Waals surface area contributed by atoms with Gasteiger partial charge in [0.1, 0.15) is 5.15 Å². The number of aromatic nitrogens is 2. The maximum Gasteiger partial charge on any atom is 0.262 e. The van der Waals surface area contributed by atoms with Crippen LogP contribution in [0.5, 0.6) is 0 Å². The molecule has 5 heteroatoms. The molecule has 0 saturated heterocycles. The van der Waals surface area contributed by atoms with E-state index in [2.05, 4.69) is 25.9 Å². The van der Waals surface area contributed by atoms with Crippen molar-refractivity contribution in [1.29, 1.82) is 0 Å². The summed E-state index contributed by atoms with van der Waals surface area (Å²) in [7, 11) is 0. The first kappa shape index (κ1) is 8.72. The molecule has 0 aliphatic rings. The molecule has 0 spiro atoms. The zero-order valence-corrected chi connectivity index (χ0v) is 8.69. The van der Waals surface area contributed by atoms with E-state index in [1.165, 1.54) is 0 Å². The lowest BCUT2D eigenvalue weighted by molar-refractivity contribution is 1.26. The lowest BCUT2D eigenvalue weighted by Crippen LogP contribution is -2.05. The number of rotatable bonds is 0. The summed E-state index contributed by atoms with van der Waals surface area (Å²) >= 11 is 8.95. The Hall–Kier alpha value is -0.870. The van der Waals surface area contributed by atoms with Gasteiger partial charge in [-0.3, -0.25) is 4.79 Å². The van der Waals surface area contributed by atoms with Gasteiger partial charge in [0, 0.05) is 11.6 Å². The molecular weight excluding hydrogens is 255 g/mol. The molecule has 0 amide bonds. The molecule has 0 bridgehead atoms. The molecule has 2 rings (SSSR count). The van der Waals surface area contributed by atoms with E-state index in [1.807, 2.05) is 0 Å². The Balaban J connectivity index is 2.97. The van der Waals surface area contributed by atoms with Crippen LogP contribution in [-0.2, 0) is 0 Å². The van der Waals surface area contributed by atoms with Crippen LogP contribution in [0.15, 0.2) is 27.6 Å². The van der Waals surface area contributed by atoms with E-state index < -0.39 is 0 Å². The standard InChI is InChI=1S/C8H4BrClN2O/c9-5-3-4-6(12-8(5)13)1-2-11-7(4)10/h1-3H,(H,12,13). The summed E-state index contributed by atoms with van der Waals surface area (Å²) in [4.78, 5) is 17.8. The molecule has 0 atom stereocenters. The lowest BCUT2D eigenvalue weighted by atomic mass is 10.3. The smallest absolute Gasteiger partial charge is 0.262 e. The molecule has 2 aromatic heterocycles. The number of hydrogen-bond acceptors (Lipinski definition) is 2. The fourth-order valence-electron chi connectivity index (χ4n) is 1.07. The average Bonchev–Trinajstić information content (AvgIpc) is 2.09. The minimum Gasteiger partial charge on any atom is -0.321 e. The van der Waals surface area contributed by atoms with E-state index in [-0.39, 0.29) is 5.56 Å². The summed E-state index contributed by atoms with van der Waals surface area (Å²) < 4.78 is 0.454. The van der Waals surface area contributed by atoms with Crippen LogP contribution >= 0.6 is 27.5 Å². The molecule has 13 heavy (non-hydrogen) atoms. The van der Waals surface area contributed by atoms with Crippen molar-refractivity contribution >= 4 is 38.4 Å². The number of pyridine rings is 2. The van der Waals surface area contributed by atoms with Crippen molar-refractivity contribution < 1.29 is 0 Å². The molecule has 2 heterocycles. The van der Waals surface area contributed by atoms with Crippen molar-refractivity contribution in [2.45, 2.75) is 0 Å². The van der Waals surface area contributed by atoms with E-state index in [0.29, 0.717) is 15.1 Å². The molecule has 0 aromatic carbocycles. The van der Waals surface area contributed by atoms with E-state index in [1.54, 1.807) is 18.3 Å². The number of halogens is 2. The Bertz CT molecular complexity index is 523. The molecule has 2 aromatic rings. The predicted octanol–water partition coefficient (Wildman–Crippen LogP) is 2.34. The van der Waals surface area contributed by atoms with Crippen LogP contribution in [0.1, 0.15) is 0 Å². The van der Waals surface area contributed by atoms with Gasteiger partial charge in [0.25, 0.3) is 5.56 Å². The van der Waals surface area contributed by atoms with Crippen molar-refractivity contribution in [3.63, 3.8) is 0 Å². The summed E-state index contributed by atoms with van der Waals surface area (Å²) in [6, 6.07) is 3.36. The highest BCUT2D eigenvalue weighted by Crippen LogP contribution is 2.20. The van der Waals surface area contributed by atoms with Gasteiger partial charge in [0.2, 0.25) is 0 Å². The molecule has 0 unspecified atom stereocenters. The number of fused-ring (bicyclic) bond motifs is 1. The highest BCUT2D eigenvalue weighted by molar-refractivity contribution is 9.10. The monoisotopic (exact) mass is 258 g/mol. The van der Waals surface area contributed by atoms with Gasteiger partial charge >= 0.3 is 0 Å². The summed E-state index contributed by atoms with van der Waals surface area (Å²) in [5.74, 6) is 0. The molecule has 0 fully saturated rings. The van der Waals surface area contributed by atoms with Crippen molar-refractivity contribution in [3.8, 4) is 0 Å². The van der Waals surface area contributed by atoms with Crippen molar-refractivity contribution in [2.75, 3.05) is 0 Å². The van der Waals surface area contributed by atoms with Crippen LogP contribution in [-0.4, -0.2) is 9.97 Å². The molecule has 1 N–H and O–H groups in total. The third kappa shape index (κ3) is 1.47. The van der Waals surface area contributed by atoms with E-state index in [4.69, 9.17) is 11.6 Å². The number of aromatic amines is 1. The Morgan fingerprint density at radius 2 is 2.31 bits per heavy atom. The van der Waals surface area contributed by atoms with Gasteiger partial charge in [0.15, 0.2) is 0 Å². The topological polar surface area (TPSA) is 45.8 Å². The van der Waals surface area contributed by atoms with Crippen LogP contribution in [0.2, 0.25) is 5.15 Å². The van der Waals surface area contributed by atoms with Crippen molar-refractivity contribution in [1.82, 2.24) is 9.97 Å². The molecule has 3 nitrogen and oxygen atoms in total. The Morgan fingerprint density at radius 1 is 1.54 bits per heavy atom. The molecule has 0 radical (unpaired) electrons. The number of nitrogens with one attached hydrogen (secondary N) is 1. The summed E-state index contributed by atoms with van der Waals surface area (Å²) in [6.07, 6.45) is 1.55. The Morgan fingerprint density at radius 3 is 3.08 bits per heavy atom. The molecule has 0 aliphatic heterocycles. The highest BCUT2D eigenvalue weighted by Gasteiger charge is 2.02. The van der Waals surface area contributed by atoms with Gasteiger partial charge in [-0.25, -0.2) is 4.98 Å². The predicted molar refractivity (Wildman–Crippen MR) is 55.1 cm³/mol. The highest BCUT2D eigenvalue weighted by atomic mass is 79.9. The number of H-pyrrole nitrogens is 1. The van der Waals surface area contributed by atoms with Gasteiger partial charge in [-0.15, -0.1) is 0 Å². The Kier molecular flexibility index (Phi) is 2.09. The van der Waals surface area contributed by atoms with Crippen LogP contribution in [0.25, 0.3) is 10.9 Å². The van der Waals surface area contributed by atoms with Gasteiger partial charge in [-0.2, -0.15) is 0 Å². The first-order chi connectivity index (χ1) is 6.18. The van der Waals surface area contributed by atoms with E-state index >= 15 is 0 Å². The fourth-order valence-corrected chi connectivity index (χ4v) is 1.61. The van der Waals surface area contributed by atoms with E-state index in [9.17, 15) is 4.79 Å². The maximum atomic E-state index is 11.2. The van der Waals surface area contributed by atoms with Crippen LogP contribution < -0.4 is 5.56 Å². The second kappa shape index (κ2) is 3.12. The van der Waals surface area contributed by atoms with Gasteiger partial charge in [0.05, 0.1) is 9.99 Å².